The summed E-state index contributed by atoms with van der Waals surface area (Å²) < 4.78 is 1.42. The summed E-state index contributed by atoms with van der Waals surface area (Å²) in [5, 5.41) is 17.8. The molecule has 2 amide bonds. The molecule has 1 aliphatic heterocycles. The van der Waals surface area contributed by atoms with E-state index >= 15 is 0 Å². The monoisotopic (exact) mass is 349 g/mol. The van der Waals surface area contributed by atoms with Gasteiger partial charge in [0, 0.05) is 24.0 Å². The van der Waals surface area contributed by atoms with Gasteiger partial charge in [0.2, 0.25) is 5.88 Å². The smallest absolute Gasteiger partial charge is 0.322 e. The van der Waals surface area contributed by atoms with Crippen molar-refractivity contribution in [3.8, 4) is 11.7 Å². The number of hydrogen-bond donors (Lipinski definition) is 2. The first-order chi connectivity index (χ1) is 12.6. The van der Waals surface area contributed by atoms with Gasteiger partial charge in [-0.3, -0.25) is 0 Å². The van der Waals surface area contributed by atoms with Crippen LogP contribution in [0, 0.1) is 6.92 Å². The maximum Gasteiger partial charge on any atom is 0.322 e. The summed E-state index contributed by atoms with van der Waals surface area (Å²) in [7, 11) is 0. The second-order valence-corrected chi connectivity index (χ2v) is 6.32. The molecule has 0 atom stereocenters. The Morgan fingerprint density at radius 1 is 1.19 bits per heavy atom. The van der Waals surface area contributed by atoms with Gasteiger partial charge in [-0.2, -0.15) is 9.78 Å². The minimum absolute atomic E-state index is 0.0947. The zero-order valence-electron chi connectivity index (χ0n) is 14.4. The maximum atomic E-state index is 12.5. The van der Waals surface area contributed by atoms with Gasteiger partial charge in [-0.15, -0.1) is 0 Å². The molecule has 0 bridgehead atoms. The molecule has 2 N–H and O–H groups in total. The lowest BCUT2D eigenvalue weighted by molar-refractivity contribution is 0.205. The predicted molar refractivity (Wildman–Crippen MR) is 97.3 cm³/mol. The number of hydrogen-bond acceptors (Lipinski definition) is 4. The highest BCUT2D eigenvalue weighted by atomic mass is 16.3. The van der Waals surface area contributed by atoms with E-state index in [2.05, 4.69) is 15.4 Å². The second kappa shape index (κ2) is 6.51. The van der Waals surface area contributed by atoms with E-state index in [1.807, 2.05) is 37.3 Å². The van der Waals surface area contributed by atoms with E-state index < -0.39 is 0 Å². The zero-order valence-corrected chi connectivity index (χ0v) is 14.4. The van der Waals surface area contributed by atoms with Crippen molar-refractivity contribution in [2.45, 2.75) is 19.9 Å². The maximum absolute atomic E-state index is 12.5. The van der Waals surface area contributed by atoms with Gasteiger partial charge in [-0.25, -0.2) is 9.78 Å². The van der Waals surface area contributed by atoms with Gasteiger partial charge in [0.1, 0.15) is 0 Å². The molecule has 3 heterocycles. The molecular weight excluding hydrogens is 330 g/mol. The molecule has 0 saturated carbocycles. The van der Waals surface area contributed by atoms with Crippen LogP contribution < -0.4 is 5.32 Å². The number of nitrogens with zero attached hydrogens (tertiary/aromatic N) is 4. The number of urea groups is 1. The molecule has 3 aromatic rings. The van der Waals surface area contributed by atoms with E-state index in [1.54, 1.807) is 23.2 Å². The first-order valence-corrected chi connectivity index (χ1v) is 8.45. The van der Waals surface area contributed by atoms with Gasteiger partial charge in [0.25, 0.3) is 0 Å². The quantitative estimate of drug-likeness (QED) is 0.745. The van der Waals surface area contributed by atoms with Crippen LogP contribution in [-0.2, 0) is 13.0 Å². The Hall–Kier alpha value is -3.35. The van der Waals surface area contributed by atoms with Crippen LogP contribution >= 0.6 is 0 Å². The number of amides is 2. The lowest BCUT2D eigenvalue weighted by Gasteiger charge is -2.26. The van der Waals surface area contributed by atoms with Gasteiger partial charge >= 0.3 is 6.03 Å². The average Bonchev–Trinajstić information content (AvgIpc) is 3.00. The van der Waals surface area contributed by atoms with Crippen molar-refractivity contribution in [3.05, 3.63) is 65.5 Å². The SMILES string of the molecule is Cc1ccc(NC(=O)N2CCc3c(nn(-c4ccccn4)c3O)C2)cc1. The topological polar surface area (TPSA) is 83.3 Å². The van der Waals surface area contributed by atoms with Crippen molar-refractivity contribution >= 4 is 11.7 Å². The molecule has 0 radical (unpaired) electrons. The number of benzene rings is 1. The molecule has 0 unspecified atom stereocenters. The van der Waals surface area contributed by atoms with Gasteiger partial charge in [0.05, 0.1) is 12.2 Å². The fraction of sp³-hybridized carbons (Fsp3) is 0.211. The third kappa shape index (κ3) is 2.99. The number of anilines is 1. The summed E-state index contributed by atoms with van der Waals surface area (Å²) in [4.78, 5) is 18.4. The summed E-state index contributed by atoms with van der Waals surface area (Å²) >= 11 is 0. The third-order valence-corrected chi connectivity index (χ3v) is 4.47. The van der Waals surface area contributed by atoms with E-state index in [0.717, 1.165) is 16.8 Å². The first-order valence-electron chi connectivity index (χ1n) is 8.45. The van der Waals surface area contributed by atoms with Gasteiger partial charge in [-0.1, -0.05) is 23.8 Å². The summed E-state index contributed by atoms with van der Waals surface area (Å²) in [5.41, 5.74) is 3.36. The number of carbonyl (C=O) groups is 1. The summed E-state index contributed by atoms with van der Waals surface area (Å²) in [6.45, 7) is 2.87. The highest BCUT2D eigenvalue weighted by Crippen LogP contribution is 2.29. The molecule has 4 rings (SSSR count). The van der Waals surface area contributed by atoms with E-state index in [4.69, 9.17) is 0 Å². The Kier molecular flexibility index (Phi) is 4.04. The Morgan fingerprint density at radius 2 is 2.00 bits per heavy atom. The summed E-state index contributed by atoms with van der Waals surface area (Å²) in [6.07, 6.45) is 2.20. The summed E-state index contributed by atoms with van der Waals surface area (Å²) in [5.74, 6) is 0.646. The van der Waals surface area contributed by atoms with Crippen molar-refractivity contribution in [1.29, 1.82) is 0 Å². The Bertz CT molecular complexity index is 935. The van der Waals surface area contributed by atoms with E-state index in [0.29, 0.717) is 31.0 Å². The van der Waals surface area contributed by atoms with Crippen molar-refractivity contribution < 1.29 is 9.90 Å². The number of pyridine rings is 1. The third-order valence-electron chi connectivity index (χ3n) is 4.47. The van der Waals surface area contributed by atoms with Crippen LogP contribution in [0.15, 0.2) is 48.7 Å². The van der Waals surface area contributed by atoms with Gasteiger partial charge in [-0.05, 0) is 37.6 Å². The highest BCUT2D eigenvalue weighted by molar-refractivity contribution is 5.89. The molecule has 0 saturated heterocycles. The number of aromatic nitrogens is 3. The van der Waals surface area contributed by atoms with Crippen LogP contribution in [0.3, 0.4) is 0 Å². The lowest BCUT2D eigenvalue weighted by atomic mass is 10.1. The van der Waals surface area contributed by atoms with Crippen molar-refractivity contribution in [2.75, 3.05) is 11.9 Å². The number of aromatic hydroxyl groups is 1. The Labute approximate surface area is 150 Å². The molecule has 0 aliphatic carbocycles. The van der Waals surface area contributed by atoms with Crippen molar-refractivity contribution in [2.24, 2.45) is 0 Å². The molecule has 2 aromatic heterocycles. The minimum atomic E-state index is -0.175. The number of aryl methyl sites for hydroxylation is 1. The molecule has 132 valence electrons. The summed E-state index contributed by atoms with van der Waals surface area (Å²) in [6, 6.07) is 12.9. The Morgan fingerprint density at radius 3 is 2.73 bits per heavy atom. The number of carbonyl (C=O) groups excluding carboxylic acids is 1. The van der Waals surface area contributed by atoms with Crippen LogP contribution in [0.4, 0.5) is 10.5 Å². The number of nitrogens with one attached hydrogen (secondary N) is 1. The second-order valence-electron chi connectivity index (χ2n) is 6.32. The number of rotatable bonds is 2. The first kappa shape index (κ1) is 16.1. The highest BCUT2D eigenvalue weighted by Gasteiger charge is 2.27. The van der Waals surface area contributed by atoms with Crippen molar-refractivity contribution in [3.63, 3.8) is 0 Å². The average molecular weight is 349 g/mol. The van der Waals surface area contributed by atoms with E-state index in [9.17, 15) is 9.90 Å². The van der Waals surface area contributed by atoms with Crippen LogP contribution in [0.25, 0.3) is 5.82 Å². The zero-order chi connectivity index (χ0) is 18.1. The van der Waals surface area contributed by atoms with E-state index in [-0.39, 0.29) is 11.9 Å². The van der Waals surface area contributed by atoms with Crippen LogP contribution in [0.5, 0.6) is 5.88 Å². The minimum Gasteiger partial charge on any atom is -0.493 e. The van der Waals surface area contributed by atoms with Crippen LogP contribution in [-0.4, -0.2) is 37.3 Å². The lowest BCUT2D eigenvalue weighted by Crippen LogP contribution is -2.38. The predicted octanol–water partition coefficient (Wildman–Crippen LogP) is 2.87. The largest absolute Gasteiger partial charge is 0.493 e. The Balaban J connectivity index is 1.52. The van der Waals surface area contributed by atoms with Crippen LogP contribution in [0.2, 0.25) is 0 Å². The number of fused-ring (bicyclic) bond motifs is 1. The standard InChI is InChI=1S/C19H19N5O2/c1-13-5-7-14(8-6-13)21-19(26)23-11-9-15-16(12-23)22-24(18(15)25)17-4-2-3-10-20-17/h2-8,10,25H,9,11-12H2,1H3,(H,21,26). The molecule has 0 spiro atoms. The molecule has 1 aliphatic rings. The normalized spacial score (nSPS) is 13.3. The van der Waals surface area contributed by atoms with Gasteiger partial charge in [0.15, 0.2) is 5.82 Å². The fourth-order valence-corrected chi connectivity index (χ4v) is 3.03. The molecule has 7 nitrogen and oxygen atoms in total. The molecular formula is C19H19N5O2. The molecule has 1 aromatic carbocycles. The van der Waals surface area contributed by atoms with Crippen molar-refractivity contribution in [1.82, 2.24) is 19.7 Å². The molecule has 26 heavy (non-hydrogen) atoms. The van der Waals surface area contributed by atoms with Crippen LogP contribution in [0.1, 0.15) is 16.8 Å². The molecule has 7 heteroatoms. The van der Waals surface area contributed by atoms with E-state index in [1.165, 1.54) is 4.68 Å². The van der Waals surface area contributed by atoms with Gasteiger partial charge < -0.3 is 15.3 Å². The fourth-order valence-electron chi connectivity index (χ4n) is 3.03. The molecule has 0 fully saturated rings.